The van der Waals surface area contributed by atoms with Crippen molar-refractivity contribution < 1.29 is 19.0 Å². The van der Waals surface area contributed by atoms with Gasteiger partial charge in [-0.3, -0.25) is 4.79 Å². The van der Waals surface area contributed by atoms with Crippen LogP contribution in [0, 0.1) is 0 Å². The second-order valence-corrected chi connectivity index (χ2v) is 5.75. The van der Waals surface area contributed by atoms with Crippen LogP contribution >= 0.6 is 0 Å². The Labute approximate surface area is 163 Å². The molecule has 142 valence electrons. The zero-order valence-electron chi connectivity index (χ0n) is 15.6. The number of carbonyl (C=O) groups excluding carboxylic acids is 1. The van der Waals surface area contributed by atoms with Crippen LogP contribution in [0.5, 0.6) is 23.0 Å². The molecule has 0 fully saturated rings. The first kappa shape index (κ1) is 19.0. The molecule has 0 heterocycles. The molecule has 28 heavy (non-hydrogen) atoms. The molecule has 0 aliphatic heterocycles. The van der Waals surface area contributed by atoms with E-state index in [0.29, 0.717) is 17.1 Å². The Morgan fingerprint density at radius 3 is 2.21 bits per heavy atom. The molecule has 3 aromatic carbocycles. The number of hydrogen-bond donors (Lipinski definition) is 1. The largest absolute Gasteiger partial charge is 0.493 e. The van der Waals surface area contributed by atoms with Crippen LogP contribution in [0.4, 0.5) is 0 Å². The van der Waals surface area contributed by atoms with Gasteiger partial charge in [-0.1, -0.05) is 18.2 Å². The molecular formula is C22H20N2O4. The van der Waals surface area contributed by atoms with Gasteiger partial charge < -0.3 is 14.2 Å². The topological polar surface area (TPSA) is 69.2 Å². The van der Waals surface area contributed by atoms with Gasteiger partial charge in [0.25, 0.3) is 5.91 Å². The van der Waals surface area contributed by atoms with Gasteiger partial charge >= 0.3 is 0 Å². The van der Waals surface area contributed by atoms with Crippen molar-refractivity contribution in [2.45, 2.75) is 0 Å². The number of hydrogen-bond acceptors (Lipinski definition) is 5. The summed E-state index contributed by atoms with van der Waals surface area (Å²) in [5, 5.41) is 3.99. The summed E-state index contributed by atoms with van der Waals surface area (Å²) in [5.41, 5.74) is 3.74. The Balaban J connectivity index is 1.59. The second kappa shape index (κ2) is 9.23. The van der Waals surface area contributed by atoms with Crippen molar-refractivity contribution in [1.82, 2.24) is 5.43 Å². The minimum atomic E-state index is -0.346. The minimum absolute atomic E-state index is 0.346. The lowest BCUT2D eigenvalue weighted by Crippen LogP contribution is -2.17. The van der Waals surface area contributed by atoms with E-state index in [-0.39, 0.29) is 5.91 Å². The molecule has 0 saturated carbocycles. The number of rotatable bonds is 7. The summed E-state index contributed by atoms with van der Waals surface area (Å²) in [7, 11) is 3.06. The molecule has 0 atom stereocenters. The quantitative estimate of drug-likeness (QED) is 0.494. The van der Waals surface area contributed by atoms with Gasteiger partial charge in [0.2, 0.25) is 0 Å². The number of amides is 1. The summed E-state index contributed by atoms with van der Waals surface area (Å²) >= 11 is 0. The van der Waals surface area contributed by atoms with Crippen LogP contribution in [0.2, 0.25) is 0 Å². The Hall–Kier alpha value is -3.80. The van der Waals surface area contributed by atoms with Gasteiger partial charge in [-0.25, -0.2) is 5.43 Å². The van der Waals surface area contributed by atoms with E-state index in [4.69, 9.17) is 14.2 Å². The fourth-order valence-electron chi connectivity index (χ4n) is 2.45. The van der Waals surface area contributed by atoms with Crippen molar-refractivity contribution in [3.8, 4) is 23.0 Å². The molecule has 6 nitrogen and oxygen atoms in total. The molecule has 0 saturated heterocycles. The van der Waals surface area contributed by atoms with E-state index in [1.54, 1.807) is 24.4 Å². The lowest BCUT2D eigenvalue weighted by atomic mass is 10.2. The molecule has 1 amide bonds. The predicted molar refractivity (Wildman–Crippen MR) is 108 cm³/mol. The Morgan fingerprint density at radius 1 is 0.857 bits per heavy atom. The average Bonchev–Trinajstić information content (AvgIpc) is 2.75. The maximum Gasteiger partial charge on any atom is 0.271 e. The zero-order chi connectivity index (χ0) is 19.8. The maximum absolute atomic E-state index is 12.2. The molecule has 0 aliphatic carbocycles. The molecule has 0 aliphatic rings. The predicted octanol–water partition coefficient (Wildman–Crippen LogP) is 4.26. The third-order valence-corrected chi connectivity index (χ3v) is 3.88. The monoisotopic (exact) mass is 376 g/mol. The van der Waals surface area contributed by atoms with Gasteiger partial charge in [0.15, 0.2) is 11.5 Å². The molecule has 3 aromatic rings. The molecule has 6 heteroatoms. The van der Waals surface area contributed by atoms with E-state index in [0.717, 1.165) is 17.1 Å². The van der Waals surface area contributed by atoms with Gasteiger partial charge in [-0.05, 0) is 60.2 Å². The first-order chi connectivity index (χ1) is 13.7. The highest BCUT2D eigenvalue weighted by molar-refractivity contribution is 5.95. The molecule has 0 radical (unpaired) electrons. The van der Waals surface area contributed by atoms with Crippen molar-refractivity contribution in [3.63, 3.8) is 0 Å². The number of ether oxygens (including phenoxy) is 3. The molecular weight excluding hydrogens is 356 g/mol. The van der Waals surface area contributed by atoms with Crippen LogP contribution < -0.4 is 19.6 Å². The highest BCUT2D eigenvalue weighted by Crippen LogP contribution is 2.27. The van der Waals surface area contributed by atoms with E-state index in [2.05, 4.69) is 10.5 Å². The standard InChI is InChI=1S/C22H20N2O4/c1-26-20-13-10-17(14-21(20)27-2)22(25)24-23-15-16-8-11-19(12-9-16)28-18-6-4-3-5-7-18/h3-15H,1-2H3,(H,24,25)/b23-15-. The van der Waals surface area contributed by atoms with Gasteiger partial charge in [0.05, 0.1) is 20.4 Å². The highest BCUT2D eigenvalue weighted by Gasteiger charge is 2.09. The van der Waals surface area contributed by atoms with E-state index >= 15 is 0 Å². The van der Waals surface area contributed by atoms with Gasteiger partial charge in [-0.2, -0.15) is 5.10 Å². The van der Waals surface area contributed by atoms with Gasteiger partial charge in [0.1, 0.15) is 11.5 Å². The molecule has 1 N–H and O–H groups in total. The minimum Gasteiger partial charge on any atom is -0.493 e. The van der Waals surface area contributed by atoms with E-state index < -0.39 is 0 Å². The first-order valence-electron chi connectivity index (χ1n) is 8.58. The van der Waals surface area contributed by atoms with E-state index in [1.165, 1.54) is 14.2 Å². The number of nitrogens with one attached hydrogen (secondary N) is 1. The Morgan fingerprint density at radius 2 is 1.54 bits per heavy atom. The lowest BCUT2D eigenvalue weighted by Gasteiger charge is -2.08. The number of para-hydroxylation sites is 1. The fourth-order valence-corrected chi connectivity index (χ4v) is 2.45. The van der Waals surface area contributed by atoms with Crippen LogP contribution in [0.1, 0.15) is 15.9 Å². The number of nitrogens with zero attached hydrogens (tertiary/aromatic N) is 1. The van der Waals surface area contributed by atoms with Gasteiger partial charge in [-0.15, -0.1) is 0 Å². The smallest absolute Gasteiger partial charge is 0.271 e. The van der Waals surface area contributed by atoms with E-state index in [9.17, 15) is 4.79 Å². The normalized spacial score (nSPS) is 10.5. The number of benzene rings is 3. The maximum atomic E-state index is 12.2. The number of hydrazone groups is 1. The summed E-state index contributed by atoms with van der Waals surface area (Å²) in [5.74, 6) is 2.18. The van der Waals surface area contributed by atoms with Crippen molar-refractivity contribution in [2.24, 2.45) is 5.10 Å². The average molecular weight is 376 g/mol. The summed E-state index contributed by atoms with van der Waals surface area (Å²) < 4.78 is 16.1. The lowest BCUT2D eigenvalue weighted by molar-refractivity contribution is 0.0954. The fraction of sp³-hybridized carbons (Fsp3) is 0.0909. The van der Waals surface area contributed by atoms with Crippen LogP contribution in [0.25, 0.3) is 0 Å². The van der Waals surface area contributed by atoms with Crippen LogP contribution in [-0.4, -0.2) is 26.3 Å². The molecule has 0 aromatic heterocycles. The highest BCUT2D eigenvalue weighted by atomic mass is 16.5. The van der Waals surface area contributed by atoms with E-state index in [1.807, 2.05) is 54.6 Å². The second-order valence-electron chi connectivity index (χ2n) is 5.75. The van der Waals surface area contributed by atoms with Crippen LogP contribution in [-0.2, 0) is 0 Å². The van der Waals surface area contributed by atoms with Crippen molar-refractivity contribution in [2.75, 3.05) is 14.2 Å². The third kappa shape index (κ3) is 4.88. The summed E-state index contributed by atoms with van der Waals surface area (Å²) in [6.45, 7) is 0. The number of methoxy groups -OCH3 is 2. The summed E-state index contributed by atoms with van der Waals surface area (Å²) in [6.07, 6.45) is 1.56. The third-order valence-electron chi connectivity index (χ3n) is 3.88. The SMILES string of the molecule is COc1ccc(C(=O)N/N=C\c2ccc(Oc3ccccc3)cc2)cc1OC. The first-order valence-corrected chi connectivity index (χ1v) is 8.58. The van der Waals surface area contributed by atoms with Crippen LogP contribution in [0.3, 0.4) is 0 Å². The van der Waals surface area contributed by atoms with Crippen molar-refractivity contribution in [3.05, 3.63) is 83.9 Å². The molecule has 0 bridgehead atoms. The summed E-state index contributed by atoms with van der Waals surface area (Å²) in [6, 6.07) is 21.8. The summed E-state index contributed by atoms with van der Waals surface area (Å²) in [4.78, 5) is 12.2. The molecule has 0 unspecified atom stereocenters. The molecule has 0 spiro atoms. The van der Waals surface area contributed by atoms with Crippen LogP contribution in [0.15, 0.2) is 77.9 Å². The molecule has 3 rings (SSSR count). The van der Waals surface area contributed by atoms with Gasteiger partial charge in [0, 0.05) is 5.56 Å². The number of carbonyl (C=O) groups is 1. The van der Waals surface area contributed by atoms with Crippen molar-refractivity contribution >= 4 is 12.1 Å². The van der Waals surface area contributed by atoms with Crippen molar-refractivity contribution in [1.29, 1.82) is 0 Å². The zero-order valence-corrected chi connectivity index (χ0v) is 15.6. The Bertz CT molecular complexity index is 954. The Kier molecular flexibility index (Phi) is 6.25.